The van der Waals surface area contributed by atoms with E-state index in [2.05, 4.69) is 15.6 Å². The van der Waals surface area contributed by atoms with Crippen LogP contribution in [0.2, 0.25) is 10.0 Å². The Morgan fingerprint density at radius 1 is 1.33 bits per heavy atom. The monoisotopic (exact) mass is 285 g/mol. The summed E-state index contributed by atoms with van der Waals surface area (Å²) < 4.78 is 0. The third-order valence-corrected chi connectivity index (χ3v) is 3.23. The van der Waals surface area contributed by atoms with Gasteiger partial charge in [-0.3, -0.25) is 15.1 Å². The summed E-state index contributed by atoms with van der Waals surface area (Å²) in [5, 5.41) is 6.60. The Labute approximate surface area is 115 Å². The van der Waals surface area contributed by atoms with Crippen molar-refractivity contribution in [1.82, 2.24) is 10.6 Å². The number of benzene rings is 1. The molecule has 2 N–H and O–H groups in total. The molecule has 0 aromatic heterocycles. The fraction of sp³-hybridized carbons (Fsp3) is 0.333. The van der Waals surface area contributed by atoms with Gasteiger partial charge < -0.3 is 5.32 Å². The van der Waals surface area contributed by atoms with Crippen LogP contribution in [0, 0.1) is 0 Å². The summed E-state index contributed by atoms with van der Waals surface area (Å²) in [7, 11) is 0. The maximum Gasteiger partial charge on any atom is 0.254 e. The van der Waals surface area contributed by atoms with Gasteiger partial charge in [-0.15, -0.1) is 0 Å². The summed E-state index contributed by atoms with van der Waals surface area (Å²) in [4.78, 5) is 16.1. The van der Waals surface area contributed by atoms with E-state index in [1.54, 1.807) is 18.2 Å². The molecule has 0 aliphatic carbocycles. The normalized spacial score (nSPS) is 20.9. The Kier molecular flexibility index (Phi) is 4.09. The molecule has 1 heterocycles. The molecule has 1 saturated heterocycles. The number of carbonyl (C=O) groups excluding carboxylic acids is 1. The van der Waals surface area contributed by atoms with E-state index >= 15 is 0 Å². The molecule has 0 spiro atoms. The van der Waals surface area contributed by atoms with Crippen LogP contribution in [0.5, 0.6) is 0 Å². The number of carbonyl (C=O) groups is 1. The Morgan fingerprint density at radius 2 is 2.00 bits per heavy atom. The van der Waals surface area contributed by atoms with Crippen molar-refractivity contribution >= 4 is 35.1 Å². The van der Waals surface area contributed by atoms with E-state index in [0.29, 0.717) is 28.1 Å². The highest BCUT2D eigenvalue weighted by atomic mass is 35.5. The molecule has 96 valence electrons. The Morgan fingerprint density at radius 3 is 2.61 bits per heavy atom. The van der Waals surface area contributed by atoms with Crippen LogP contribution in [-0.2, 0) is 4.79 Å². The predicted molar refractivity (Wildman–Crippen MR) is 73.1 cm³/mol. The predicted octanol–water partition coefficient (Wildman–Crippen LogP) is 2.52. The van der Waals surface area contributed by atoms with Crippen molar-refractivity contribution in [2.45, 2.75) is 19.4 Å². The van der Waals surface area contributed by atoms with Crippen LogP contribution in [0.25, 0.3) is 0 Å². The maximum absolute atomic E-state index is 11.9. The first-order valence-corrected chi connectivity index (χ1v) is 6.45. The first kappa shape index (κ1) is 13.2. The summed E-state index contributed by atoms with van der Waals surface area (Å²) in [6, 6.07) is 4.58. The van der Waals surface area contributed by atoms with Gasteiger partial charge in [-0.2, -0.15) is 0 Å². The average Bonchev–Trinajstić information content (AvgIpc) is 2.68. The average molecular weight is 286 g/mol. The van der Waals surface area contributed by atoms with Crippen LogP contribution in [0.3, 0.4) is 0 Å². The third kappa shape index (κ3) is 2.60. The molecular weight excluding hydrogens is 273 g/mol. The Hall–Kier alpha value is -1.26. The summed E-state index contributed by atoms with van der Waals surface area (Å²) in [6.45, 7) is 2.68. The molecule has 1 aliphatic heterocycles. The Bertz CT molecular complexity index is 482. The highest BCUT2D eigenvalue weighted by Crippen LogP contribution is 2.31. The first-order chi connectivity index (χ1) is 8.63. The van der Waals surface area contributed by atoms with E-state index in [1.807, 2.05) is 6.92 Å². The maximum atomic E-state index is 11.9. The number of nitrogens with zero attached hydrogens (tertiary/aromatic N) is 1. The van der Waals surface area contributed by atoms with E-state index in [1.165, 1.54) is 0 Å². The van der Waals surface area contributed by atoms with Gasteiger partial charge in [0.15, 0.2) is 5.96 Å². The molecule has 0 saturated carbocycles. The lowest BCUT2D eigenvalue weighted by Gasteiger charge is -2.11. The number of rotatable bonds is 3. The fourth-order valence-corrected chi connectivity index (χ4v) is 2.34. The topological polar surface area (TPSA) is 53.5 Å². The minimum absolute atomic E-state index is 0.195. The van der Waals surface area contributed by atoms with Crippen LogP contribution in [-0.4, -0.2) is 18.4 Å². The minimum atomic E-state index is -0.582. The molecule has 1 fully saturated rings. The molecule has 1 amide bonds. The number of hydrogen-bond acceptors (Lipinski definition) is 2. The minimum Gasteiger partial charge on any atom is -0.340 e. The number of nitrogens with one attached hydrogen (secondary N) is 2. The molecule has 1 atom stereocenters. The molecule has 18 heavy (non-hydrogen) atoms. The zero-order valence-corrected chi connectivity index (χ0v) is 11.3. The summed E-state index contributed by atoms with van der Waals surface area (Å²) in [6.07, 6.45) is 0.915. The summed E-state index contributed by atoms with van der Waals surface area (Å²) in [5.74, 6) is 0.280. The van der Waals surface area contributed by atoms with Crippen molar-refractivity contribution in [3.8, 4) is 0 Å². The SMILES string of the molecule is CCCN=C1NC(=O)C(c2c(Cl)cccc2Cl)N1. The molecule has 2 rings (SSSR count). The van der Waals surface area contributed by atoms with Crippen molar-refractivity contribution in [3.05, 3.63) is 33.8 Å². The molecule has 6 heteroatoms. The van der Waals surface area contributed by atoms with Crippen molar-refractivity contribution in [2.75, 3.05) is 6.54 Å². The smallest absolute Gasteiger partial charge is 0.254 e. The van der Waals surface area contributed by atoms with Crippen molar-refractivity contribution in [2.24, 2.45) is 4.99 Å². The number of guanidine groups is 1. The van der Waals surface area contributed by atoms with Crippen molar-refractivity contribution in [1.29, 1.82) is 0 Å². The van der Waals surface area contributed by atoms with Gasteiger partial charge in [0.1, 0.15) is 6.04 Å². The van der Waals surface area contributed by atoms with Gasteiger partial charge in [-0.05, 0) is 18.6 Å². The van der Waals surface area contributed by atoms with Gasteiger partial charge in [0.2, 0.25) is 0 Å². The molecule has 1 aromatic rings. The van der Waals surface area contributed by atoms with Gasteiger partial charge in [0, 0.05) is 22.2 Å². The largest absolute Gasteiger partial charge is 0.340 e. The summed E-state index contributed by atoms with van der Waals surface area (Å²) in [5.41, 5.74) is 0.583. The number of halogens is 2. The highest BCUT2D eigenvalue weighted by molar-refractivity contribution is 6.36. The van der Waals surface area contributed by atoms with E-state index in [0.717, 1.165) is 6.42 Å². The Balaban J connectivity index is 2.27. The van der Waals surface area contributed by atoms with Gasteiger partial charge in [-0.25, -0.2) is 0 Å². The van der Waals surface area contributed by atoms with Crippen LogP contribution in [0.1, 0.15) is 24.9 Å². The lowest BCUT2D eigenvalue weighted by Crippen LogP contribution is -2.25. The number of amides is 1. The van der Waals surface area contributed by atoms with E-state index in [4.69, 9.17) is 23.2 Å². The van der Waals surface area contributed by atoms with Gasteiger partial charge in [0.25, 0.3) is 5.91 Å². The van der Waals surface area contributed by atoms with Gasteiger partial charge in [0.05, 0.1) is 0 Å². The quantitative estimate of drug-likeness (QED) is 0.897. The molecule has 1 aromatic carbocycles. The first-order valence-electron chi connectivity index (χ1n) is 5.69. The zero-order chi connectivity index (χ0) is 13.1. The van der Waals surface area contributed by atoms with Crippen LogP contribution >= 0.6 is 23.2 Å². The molecule has 0 radical (unpaired) electrons. The van der Waals surface area contributed by atoms with E-state index in [-0.39, 0.29) is 5.91 Å². The lowest BCUT2D eigenvalue weighted by molar-refractivity contribution is -0.120. The molecule has 1 aliphatic rings. The van der Waals surface area contributed by atoms with Crippen molar-refractivity contribution < 1.29 is 4.79 Å². The van der Waals surface area contributed by atoms with Crippen LogP contribution in [0.15, 0.2) is 23.2 Å². The third-order valence-electron chi connectivity index (χ3n) is 2.57. The van der Waals surface area contributed by atoms with Crippen LogP contribution in [0.4, 0.5) is 0 Å². The fourth-order valence-electron chi connectivity index (χ4n) is 1.73. The summed E-state index contributed by atoms with van der Waals surface area (Å²) >= 11 is 12.2. The molecule has 1 unspecified atom stereocenters. The standard InChI is InChI=1S/C12H13Cl2N3O/c1-2-6-15-12-16-10(11(18)17-12)9-7(13)4-3-5-8(9)14/h3-5,10H,2,6H2,1H3,(H2,15,16,17,18). The highest BCUT2D eigenvalue weighted by Gasteiger charge is 2.32. The van der Waals surface area contributed by atoms with Gasteiger partial charge >= 0.3 is 0 Å². The molecular formula is C12H13Cl2N3O. The second-order valence-corrected chi connectivity index (χ2v) is 4.75. The van der Waals surface area contributed by atoms with Gasteiger partial charge in [-0.1, -0.05) is 36.2 Å². The second kappa shape index (κ2) is 5.59. The molecule has 4 nitrogen and oxygen atoms in total. The second-order valence-electron chi connectivity index (χ2n) is 3.93. The zero-order valence-electron chi connectivity index (χ0n) is 9.84. The van der Waals surface area contributed by atoms with E-state index in [9.17, 15) is 4.79 Å². The lowest BCUT2D eigenvalue weighted by atomic mass is 10.1. The van der Waals surface area contributed by atoms with Crippen LogP contribution < -0.4 is 10.6 Å². The number of hydrogen-bond donors (Lipinski definition) is 2. The molecule has 0 bridgehead atoms. The van der Waals surface area contributed by atoms with E-state index < -0.39 is 6.04 Å². The number of aliphatic imine (C=N–C) groups is 1. The van der Waals surface area contributed by atoms with Crippen molar-refractivity contribution in [3.63, 3.8) is 0 Å².